The number of hydrogen-bond acceptors (Lipinski definition) is 3. The van der Waals surface area contributed by atoms with Gasteiger partial charge in [0.05, 0.1) is 5.60 Å². The van der Waals surface area contributed by atoms with E-state index in [1.165, 1.54) is 4.90 Å². The third-order valence-corrected chi connectivity index (χ3v) is 3.05. The summed E-state index contributed by atoms with van der Waals surface area (Å²) in [6.07, 6.45) is 5.96. The Hall–Kier alpha value is -1.74. The highest BCUT2D eigenvalue weighted by atomic mass is 16.4. The minimum Gasteiger partial charge on any atom is -0.480 e. The van der Waals surface area contributed by atoms with Crippen molar-refractivity contribution in [3.8, 4) is 12.3 Å². The molecule has 0 aromatic heterocycles. The molecule has 0 spiro atoms. The first-order chi connectivity index (χ1) is 8.35. The molecule has 100 valence electrons. The van der Waals surface area contributed by atoms with Crippen LogP contribution in [0.5, 0.6) is 0 Å². The van der Waals surface area contributed by atoms with Crippen molar-refractivity contribution in [1.82, 2.24) is 10.2 Å². The highest BCUT2D eigenvalue weighted by Crippen LogP contribution is 2.20. The zero-order valence-corrected chi connectivity index (χ0v) is 10.3. The molecule has 0 saturated carbocycles. The van der Waals surface area contributed by atoms with Crippen LogP contribution in [0, 0.1) is 12.3 Å². The van der Waals surface area contributed by atoms with Crippen LogP contribution < -0.4 is 5.32 Å². The summed E-state index contributed by atoms with van der Waals surface area (Å²) in [4.78, 5) is 24.1. The van der Waals surface area contributed by atoms with Crippen LogP contribution >= 0.6 is 0 Å². The Morgan fingerprint density at radius 3 is 2.50 bits per heavy atom. The van der Waals surface area contributed by atoms with Crippen molar-refractivity contribution in [3.05, 3.63) is 0 Å². The third kappa shape index (κ3) is 3.93. The smallest absolute Gasteiger partial charge is 0.327 e. The molecule has 1 rings (SSSR count). The molecule has 0 aromatic carbocycles. The van der Waals surface area contributed by atoms with Gasteiger partial charge in [0, 0.05) is 19.5 Å². The zero-order chi connectivity index (χ0) is 13.8. The second kappa shape index (κ2) is 5.74. The number of carbonyl (C=O) groups is 2. The van der Waals surface area contributed by atoms with Crippen molar-refractivity contribution < 1.29 is 19.8 Å². The van der Waals surface area contributed by atoms with Crippen LogP contribution in [-0.2, 0) is 4.79 Å². The minimum atomic E-state index is -1.15. The summed E-state index contributed by atoms with van der Waals surface area (Å²) < 4.78 is 0. The molecule has 0 bridgehead atoms. The molecule has 3 N–H and O–H groups in total. The molecule has 18 heavy (non-hydrogen) atoms. The highest BCUT2D eigenvalue weighted by molar-refractivity contribution is 5.82. The molecule has 1 fully saturated rings. The number of aliphatic hydroxyl groups is 1. The number of carboxylic acids is 1. The van der Waals surface area contributed by atoms with Gasteiger partial charge in [0.25, 0.3) is 0 Å². The number of piperidine rings is 1. The van der Waals surface area contributed by atoms with E-state index < -0.39 is 23.6 Å². The Morgan fingerprint density at radius 1 is 1.50 bits per heavy atom. The maximum absolute atomic E-state index is 11.8. The lowest BCUT2D eigenvalue weighted by molar-refractivity contribution is -0.139. The van der Waals surface area contributed by atoms with E-state index in [0.29, 0.717) is 25.9 Å². The van der Waals surface area contributed by atoms with Crippen molar-refractivity contribution in [1.29, 1.82) is 0 Å². The number of rotatable bonds is 3. The second-order valence-electron chi connectivity index (χ2n) is 4.73. The van der Waals surface area contributed by atoms with E-state index in [2.05, 4.69) is 11.2 Å². The average Bonchev–Trinajstić information content (AvgIpc) is 2.28. The van der Waals surface area contributed by atoms with Crippen LogP contribution in [0.1, 0.15) is 26.2 Å². The van der Waals surface area contributed by atoms with Crippen LogP contribution in [0.4, 0.5) is 4.79 Å². The number of amides is 2. The Balaban J connectivity index is 2.51. The molecule has 0 aromatic rings. The Morgan fingerprint density at radius 2 is 2.06 bits per heavy atom. The van der Waals surface area contributed by atoms with Gasteiger partial charge in [-0.1, -0.05) is 0 Å². The lowest BCUT2D eigenvalue weighted by atomic mass is 9.94. The first kappa shape index (κ1) is 14.3. The molecule has 1 atom stereocenters. The van der Waals surface area contributed by atoms with Gasteiger partial charge in [0.1, 0.15) is 6.04 Å². The Bertz CT molecular complexity index is 363. The molecule has 1 aliphatic rings. The maximum Gasteiger partial charge on any atom is 0.327 e. The second-order valence-corrected chi connectivity index (χ2v) is 4.73. The van der Waals surface area contributed by atoms with Gasteiger partial charge in [-0.25, -0.2) is 9.59 Å². The van der Waals surface area contributed by atoms with Crippen LogP contribution in [0.2, 0.25) is 0 Å². The van der Waals surface area contributed by atoms with Crippen LogP contribution in [0.25, 0.3) is 0 Å². The predicted molar refractivity (Wildman–Crippen MR) is 64.8 cm³/mol. The SMILES string of the molecule is C#CCC(NC(=O)N1CCC(C)(O)CC1)C(=O)O. The molecule has 1 unspecified atom stereocenters. The number of urea groups is 1. The van der Waals surface area contributed by atoms with E-state index in [-0.39, 0.29) is 6.42 Å². The van der Waals surface area contributed by atoms with Gasteiger partial charge in [-0.3, -0.25) is 0 Å². The normalized spacial score (nSPS) is 19.7. The summed E-state index contributed by atoms with van der Waals surface area (Å²) in [5.41, 5.74) is -0.748. The summed E-state index contributed by atoms with van der Waals surface area (Å²) in [6, 6.07) is -1.52. The maximum atomic E-state index is 11.8. The summed E-state index contributed by atoms with van der Waals surface area (Å²) in [7, 11) is 0. The van der Waals surface area contributed by atoms with Gasteiger partial charge in [0.2, 0.25) is 0 Å². The molecule has 6 nitrogen and oxygen atoms in total. The van der Waals surface area contributed by atoms with Crippen molar-refractivity contribution in [2.24, 2.45) is 0 Å². The van der Waals surface area contributed by atoms with E-state index in [1.54, 1.807) is 6.92 Å². The van der Waals surface area contributed by atoms with Crippen molar-refractivity contribution in [2.75, 3.05) is 13.1 Å². The number of hydrogen-bond donors (Lipinski definition) is 3. The molecule has 1 heterocycles. The Labute approximate surface area is 106 Å². The molecule has 0 radical (unpaired) electrons. The third-order valence-electron chi connectivity index (χ3n) is 3.05. The number of carboxylic acid groups (broad SMARTS) is 1. The quantitative estimate of drug-likeness (QED) is 0.619. The van der Waals surface area contributed by atoms with Gasteiger partial charge in [-0.15, -0.1) is 12.3 Å². The molecule has 6 heteroatoms. The van der Waals surface area contributed by atoms with Crippen LogP contribution in [0.3, 0.4) is 0 Å². The van der Waals surface area contributed by atoms with Crippen molar-refractivity contribution >= 4 is 12.0 Å². The standard InChI is InChI=1S/C12H18N2O4/c1-3-4-9(10(15)16)13-11(17)14-7-5-12(2,18)6-8-14/h1,9,18H,4-8H2,2H3,(H,13,17)(H,15,16). The number of terminal acetylenes is 1. The number of aliphatic carboxylic acids is 1. The van der Waals surface area contributed by atoms with Crippen molar-refractivity contribution in [3.63, 3.8) is 0 Å². The molecule has 2 amide bonds. The lowest BCUT2D eigenvalue weighted by Crippen LogP contribution is -2.52. The fourth-order valence-electron chi connectivity index (χ4n) is 1.75. The van der Waals surface area contributed by atoms with Gasteiger partial charge in [-0.2, -0.15) is 0 Å². The number of carbonyl (C=O) groups excluding carboxylic acids is 1. The van der Waals surface area contributed by atoms with Gasteiger partial charge >= 0.3 is 12.0 Å². The van der Waals surface area contributed by atoms with Gasteiger partial charge < -0.3 is 20.4 Å². The molecule has 1 saturated heterocycles. The van der Waals surface area contributed by atoms with E-state index in [4.69, 9.17) is 11.5 Å². The number of likely N-dealkylation sites (tertiary alicyclic amines) is 1. The summed E-state index contributed by atoms with van der Waals surface area (Å²) >= 11 is 0. The summed E-state index contributed by atoms with van der Waals surface area (Å²) in [5.74, 6) is 1.07. The fraction of sp³-hybridized carbons (Fsp3) is 0.667. The summed E-state index contributed by atoms with van der Waals surface area (Å²) in [6.45, 7) is 2.53. The lowest BCUT2D eigenvalue weighted by Gasteiger charge is -2.36. The molecular weight excluding hydrogens is 236 g/mol. The largest absolute Gasteiger partial charge is 0.480 e. The first-order valence-corrected chi connectivity index (χ1v) is 5.80. The molecular formula is C12H18N2O4. The minimum absolute atomic E-state index is 0.0490. The molecule has 1 aliphatic heterocycles. The predicted octanol–water partition coefficient (Wildman–Crippen LogP) is 0.0193. The summed E-state index contributed by atoms with van der Waals surface area (Å²) in [5, 5.41) is 21.0. The van der Waals surface area contributed by atoms with E-state index in [1.807, 2.05) is 0 Å². The van der Waals surface area contributed by atoms with Crippen LogP contribution in [0.15, 0.2) is 0 Å². The van der Waals surface area contributed by atoms with Crippen LogP contribution in [-0.4, -0.2) is 51.8 Å². The van der Waals surface area contributed by atoms with E-state index >= 15 is 0 Å². The van der Waals surface area contributed by atoms with Gasteiger partial charge in [0.15, 0.2) is 0 Å². The number of nitrogens with one attached hydrogen (secondary N) is 1. The Kier molecular flexibility index (Phi) is 4.56. The fourth-order valence-corrected chi connectivity index (χ4v) is 1.75. The zero-order valence-electron chi connectivity index (χ0n) is 10.3. The van der Waals surface area contributed by atoms with E-state index in [0.717, 1.165) is 0 Å². The average molecular weight is 254 g/mol. The molecule has 0 aliphatic carbocycles. The monoisotopic (exact) mass is 254 g/mol. The van der Waals surface area contributed by atoms with Crippen molar-refractivity contribution in [2.45, 2.75) is 37.8 Å². The van der Waals surface area contributed by atoms with Gasteiger partial charge in [-0.05, 0) is 19.8 Å². The highest BCUT2D eigenvalue weighted by Gasteiger charge is 2.31. The number of nitrogens with zero attached hydrogens (tertiary/aromatic N) is 1. The van der Waals surface area contributed by atoms with E-state index in [9.17, 15) is 14.7 Å². The topological polar surface area (TPSA) is 89.9 Å². The first-order valence-electron chi connectivity index (χ1n) is 5.80.